The van der Waals surface area contributed by atoms with Crippen LogP contribution in [0.15, 0.2) is 48.5 Å². The third-order valence-electron chi connectivity index (χ3n) is 4.92. The molecule has 1 heterocycles. The van der Waals surface area contributed by atoms with Gasteiger partial charge in [0.2, 0.25) is 11.8 Å². The molecule has 2 aromatic carbocycles. The van der Waals surface area contributed by atoms with Crippen molar-refractivity contribution in [2.24, 2.45) is 5.92 Å². The number of nitrogens with zero attached hydrogens (tertiary/aromatic N) is 1. The van der Waals surface area contributed by atoms with Crippen molar-refractivity contribution in [2.75, 3.05) is 25.2 Å². The van der Waals surface area contributed by atoms with Crippen LogP contribution in [0.3, 0.4) is 0 Å². The van der Waals surface area contributed by atoms with Crippen molar-refractivity contribution in [3.8, 4) is 11.5 Å². The van der Waals surface area contributed by atoms with E-state index in [4.69, 9.17) is 9.47 Å². The van der Waals surface area contributed by atoms with Gasteiger partial charge in [-0.2, -0.15) is 0 Å². The molecule has 3 rings (SSSR count). The van der Waals surface area contributed by atoms with Gasteiger partial charge < -0.3 is 19.7 Å². The number of rotatable bonds is 7. The van der Waals surface area contributed by atoms with E-state index in [9.17, 15) is 9.59 Å². The number of hydrogen-bond acceptors (Lipinski definition) is 4. The zero-order valence-corrected chi connectivity index (χ0v) is 16.5. The van der Waals surface area contributed by atoms with Gasteiger partial charge in [-0.05, 0) is 44.2 Å². The molecule has 2 aromatic rings. The number of benzene rings is 2. The molecule has 1 fully saturated rings. The molecule has 1 N–H and O–H groups in total. The van der Waals surface area contributed by atoms with E-state index in [0.717, 1.165) is 22.7 Å². The van der Waals surface area contributed by atoms with Crippen molar-refractivity contribution in [1.29, 1.82) is 0 Å². The Kier molecular flexibility index (Phi) is 6.19. The Balaban J connectivity index is 1.64. The quantitative estimate of drug-likeness (QED) is 0.798. The van der Waals surface area contributed by atoms with Crippen molar-refractivity contribution >= 4 is 17.5 Å². The number of amides is 2. The maximum absolute atomic E-state index is 12.7. The summed E-state index contributed by atoms with van der Waals surface area (Å²) >= 11 is 0. The molecule has 148 valence electrons. The number of carbonyl (C=O) groups is 2. The van der Waals surface area contributed by atoms with Gasteiger partial charge in [0.15, 0.2) is 0 Å². The van der Waals surface area contributed by atoms with Crippen LogP contribution in [0.25, 0.3) is 0 Å². The Bertz CT molecular complexity index is 835. The van der Waals surface area contributed by atoms with Crippen molar-refractivity contribution in [3.05, 3.63) is 54.1 Å². The second kappa shape index (κ2) is 8.78. The van der Waals surface area contributed by atoms with Gasteiger partial charge in [-0.3, -0.25) is 9.59 Å². The smallest absolute Gasteiger partial charge is 0.227 e. The van der Waals surface area contributed by atoms with Crippen LogP contribution >= 0.6 is 0 Å². The summed E-state index contributed by atoms with van der Waals surface area (Å²) in [4.78, 5) is 26.9. The SMILES string of the molecule is CCOc1ccc(N2C[C@H](C(=O)N[C@@H](C)c3ccccc3OC)CC2=O)cc1. The molecule has 0 bridgehead atoms. The van der Waals surface area contributed by atoms with E-state index in [2.05, 4.69) is 5.32 Å². The fraction of sp³-hybridized carbons (Fsp3) is 0.364. The fourth-order valence-electron chi connectivity index (χ4n) is 3.45. The van der Waals surface area contributed by atoms with E-state index in [0.29, 0.717) is 13.2 Å². The van der Waals surface area contributed by atoms with Gasteiger partial charge in [0.1, 0.15) is 11.5 Å². The van der Waals surface area contributed by atoms with Crippen LogP contribution < -0.4 is 19.7 Å². The summed E-state index contributed by atoms with van der Waals surface area (Å²) in [6.45, 7) is 4.80. The highest BCUT2D eigenvalue weighted by Gasteiger charge is 2.35. The minimum Gasteiger partial charge on any atom is -0.496 e. The van der Waals surface area contributed by atoms with E-state index in [1.165, 1.54) is 0 Å². The number of methoxy groups -OCH3 is 1. The summed E-state index contributed by atoms with van der Waals surface area (Å²) in [5.74, 6) is 0.942. The van der Waals surface area contributed by atoms with E-state index < -0.39 is 0 Å². The Morgan fingerprint density at radius 1 is 1.21 bits per heavy atom. The lowest BCUT2D eigenvalue weighted by Gasteiger charge is -2.20. The predicted molar refractivity (Wildman–Crippen MR) is 108 cm³/mol. The first-order valence-corrected chi connectivity index (χ1v) is 9.50. The molecule has 0 saturated carbocycles. The van der Waals surface area contributed by atoms with Crippen molar-refractivity contribution in [3.63, 3.8) is 0 Å². The molecule has 0 spiro atoms. The van der Waals surface area contributed by atoms with E-state index in [1.807, 2.05) is 62.4 Å². The van der Waals surface area contributed by atoms with Crippen LogP contribution in [0.2, 0.25) is 0 Å². The lowest BCUT2D eigenvalue weighted by molar-refractivity contribution is -0.126. The predicted octanol–water partition coefficient (Wildman–Crippen LogP) is 3.32. The van der Waals surface area contributed by atoms with Gasteiger partial charge in [0, 0.05) is 24.2 Å². The molecule has 0 radical (unpaired) electrons. The molecule has 1 saturated heterocycles. The number of nitrogens with one attached hydrogen (secondary N) is 1. The number of ether oxygens (including phenoxy) is 2. The molecule has 0 aliphatic carbocycles. The molecule has 1 aliphatic heterocycles. The zero-order valence-electron chi connectivity index (χ0n) is 16.5. The number of hydrogen-bond donors (Lipinski definition) is 1. The normalized spacial score (nSPS) is 17.3. The summed E-state index contributed by atoms with van der Waals surface area (Å²) in [6.07, 6.45) is 0.206. The van der Waals surface area contributed by atoms with Crippen LogP contribution in [0, 0.1) is 5.92 Å². The van der Waals surface area contributed by atoms with Gasteiger partial charge in [0.25, 0.3) is 0 Å². The minimum atomic E-state index is -0.378. The highest BCUT2D eigenvalue weighted by atomic mass is 16.5. The van der Waals surface area contributed by atoms with Crippen molar-refractivity contribution < 1.29 is 19.1 Å². The molecule has 0 aromatic heterocycles. The summed E-state index contributed by atoms with van der Waals surface area (Å²) in [7, 11) is 1.61. The Hall–Kier alpha value is -3.02. The van der Waals surface area contributed by atoms with Crippen LogP contribution in [0.5, 0.6) is 11.5 Å². The van der Waals surface area contributed by atoms with Gasteiger partial charge in [0.05, 0.1) is 25.7 Å². The molecule has 2 atom stereocenters. The molecule has 6 nitrogen and oxygen atoms in total. The van der Waals surface area contributed by atoms with E-state index in [-0.39, 0.29) is 30.2 Å². The molecule has 0 unspecified atom stereocenters. The van der Waals surface area contributed by atoms with Gasteiger partial charge in [-0.25, -0.2) is 0 Å². The largest absolute Gasteiger partial charge is 0.496 e. The first-order chi connectivity index (χ1) is 13.5. The van der Waals surface area contributed by atoms with E-state index in [1.54, 1.807) is 12.0 Å². The molecule has 2 amide bonds. The molecule has 28 heavy (non-hydrogen) atoms. The lowest BCUT2D eigenvalue weighted by atomic mass is 10.0. The van der Waals surface area contributed by atoms with Crippen LogP contribution in [-0.2, 0) is 9.59 Å². The topological polar surface area (TPSA) is 67.9 Å². The molecule has 6 heteroatoms. The van der Waals surface area contributed by atoms with Gasteiger partial charge in [-0.1, -0.05) is 18.2 Å². The third-order valence-corrected chi connectivity index (χ3v) is 4.92. The van der Waals surface area contributed by atoms with Crippen LogP contribution in [0.1, 0.15) is 31.9 Å². The molecule has 1 aliphatic rings. The summed E-state index contributed by atoms with van der Waals surface area (Å²) in [5.41, 5.74) is 1.69. The summed E-state index contributed by atoms with van der Waals surface area (Å²) in [6, 6.07) is 14.8. The summed E-state index contributed by atoms with van der Waals surface area (Å²) < 4.78 is 10.8. The highest BCUT2D eigenvalue weighted by molar-refractivity contribution is 6.00. The zero-order chi connectivity index (χ0) is 20.1. The Labute approximate surface area is 165 Å². The highest BCUT2D eigenvalue weighted by Crippen LogP contribution is 2.29. The third kappa shape index (κ3) is 4.27. The molecular formula is C22H26N2O4. The number of anilines is 1. The average molecular weight is 382 g/mol. The van der Waals surface area contributed by atoms with Crippen LogP contribution in [0.4, 0.5) is 5.69 Å². The first kappa shape index (κ1) is 19.7. The number of para-hydroxylation sites is 1. The maximum Gasteiger partial charge on any atom is 0.227 e. The van der Waals surface area contributed by atoms with Crippen molar-refractivity contribution in [1.82, 2.24) is 5.32 Å². The van der Waals surface area contributed by atoms with Gasteiger partial charge in [-0.15, -0.1) is 0 Å². The average Bonchev–Trinajstić information content (AvgIpc) is 3.10. The Morgan fingerprint density at radius 2 is 1.93 bits per heavy atom. The van der Waals surface area contributed by atoms with E-state index >= 15 is 0 Å². The standard InChI is InChI=1S/C22H26N2O4/c1-4-28-18-11-9-17(10-12-18)24-14-16(13-21(24)25)22(26)23-15(2)19-7-5-6-8-20(19)27-3/h5-12,15-16H,4,13-14H2,1-3H3,(H,23,26)/t15-,16+/m0/s1. The second-order valence-electron chi connectivity index (χ2n) is 6.80. The second-order valence-corrected chi connectivity index (χ2v) is 6.80. The maximum atomic E-state index is 12.7. The van der Waals surface area contributed by atoms with Gasteiger partial charge >= 0.3 is 0 Å². The summed E-state index contributed by atoms with van der Waals surface area (Å²) in [5, 5.41) is 3.01. The molecular weight excluding hydrogens is 356 g/mol. The Morgan fingerprint density at radius 3 is 2.61 bits per heavy atom. The van der Waals surface area contributed by atoms with Crippen molar-refractivity contribution in [2.45, 2.75) is 26.3 Å². The van der Waals surface area contributed by atoms with Crippen LogP contribution in [-0.4, -0.2) is 32.1 Å². The number of carbonyl (C=O) groups excluding carboxylic acids is 2. The minimum absolute atomic E-state index is 0.0470. The fourth-order valence-corrected chi connectivity index (χ4v) is 3.45. The first-order valence-electron chi connectivity index (χ1n) is 9.50. The monoisotopic (exact) mass is 382 g/mol. The lowest BCUT2D eigenvalue weighted by Crippen LogP contribution is -2.34.